The molecule has 5 nitrogen and oxygen atoms in total. The molecule has 0 saturated carbocycles. The molecule has 0 saturated heterocycles. The molecule has 1 heterocycles. The van der Waals surface area contributed by atoms with E-state index in [2.05, 4.69) is 10.1 Å². The van der Waals surface area contributed by atoms with Crippen LogP contribution in [0.3, 0.4) is 0 Å². The summed E-state index contributed by atoms with van der Waals surface area (Å²) in [4.78, 5) is 22.5. The molecule has 0 aliphatic rings. The minimum Gasteiger partial charge on any atom is -0.480 e. The normalized spacial score (nSPS) is 12.2. The number of ether oxygens (including phenoxy) is 1. The van der Waals surface area contributed by atoms with Crippen molar-refractivity contribution >= 4 is 46.4 Å². The standard InChI is InChI=1S/C9H9Cl2NO4S/c1-16-3-5(9(14)15)12-8(13)4-2-6(10)17-7(4)11/h2,5H,3H2,1H3,(H,12,13)(H,14,15). The van der Waals surface area contributed by atoms with Gasteiger partial charge in [-0.15, -0.1) is 11.3 Å². The number of carbonyl (C=O) groups is 2. The van der Waals surface area contributed by atoms with Crippen LogP contribution in [0.4, 0.5) is 0 Å². The largest absolute Gasteiger partial charge is 0.480 e. The van der Waals surface area contributed by atoms with Crippen LogP contribution in [0, 0.1) is 0 Å². The monoisotopic (exact) mass is 297 g/mol. The molecule has 0 bridgehead atoms. The molecular formula is C9H9Cl2NO4S. The Morgan fingerprint density at radius 1 is 1.59 bits per heavy atom. The average molecular weight is 298 g/mol. The Bertz CT molecular complexity index is 435. The van der Waals surface area contributed by atoms with Gasteiger partial charge in [-0.3, -0.25) is 4.79 Å². The number of carbonyl (C=O) groups excluding carboxylic acids is 1. The van der Waals surface area contributed by atoms with Gasteiger partial charge in [0.05, 0.1) is 16.5 Å². The topological polar surface area (TPSA) is 75.6 Å². The molecule has 1 aromatic rings. The minimum atomic E-state index is -1.18. The number of aliphatic carboxylic acids is 1. The molecule has 1 aromatic heterocycles. The summed E-state index contributed by atoms with van der Waals surface area (Å²) in [5.41, 5.74) is 0.156. The Morgan fingerprint density at radius 3 is 2.65 bits per heavy atom. The number of carboxylic acid groups (broad SMARTS) is 1. The zero-order chi connectivity index (χ0) is 13.0. The van der Waals surface area contributed by atoms with Gasteiger partial charge in [-0.1, -0.05) is 23.2 Å². The highest BCUT2D eigenvalue weighted by atomic mass is 35.5. The second-order valence-corrected chi connectivity index (χ2v) is 5.34. The first-order valence-electron chi connectivity index (χ1n) is 4.43. The minimum absolute atomic E-state index is 0.128. The van der Waals surface area contributed by atoms with E-state index in [9.17, 15) is 9.59 Å². The Kier molecular flexibility index (Phi) is 5.20. The molecule has 0 fully saturated rings. The lowest BCUT2D eigenvalue weighted by Crippen LogP contribution is -2.43. The van der Waals surface area contributed by atoms with Gasteiger partial charge in [0.25, 0.3) is 5.91 Å². The lowest BCUT2D eigenvalue weighted by molar-refractivity contribution is -0.140. The van der Waals surface area contributed by atoms with Gasteiger partial charge in [0.1, 0.15) is 4.34 Å². The Balaban J connectivity index is 2.77. The molecule has 0 aliphatic carbocycles. The number of amides is 1. The van der Waals surface area contributed by atoms with E-state index in [0.29, 0.717) is 4.34 Å². The van der Waals surface area contributed by atoms with Gasteiger partial charge in [0, 0.05) is 7.11 Å². The smallest absolute Gasteiger partial charge is 0.328 e. The zero-order valence-corrected chi connectivity index (χ0v) is 11.0. The number of methoxy groups -OCH3 is 1. The maximum Gasteiger partial charge on any atom is 0.328 e. The highest BCUT2D eigenvalue weighted by molar-refractivity contribution is 7.20. The predicted molar refractivity (Wildman–Crippen MR) is 65.1 cm³/mol. The van der Waals surface area contributed by atoms with Gasteiger partial charge in [-0.2, -0.15) is 0 Å². The number of rotatable bonds is 5. The Hall–Kier alpha value is -0.820. The lowest BCUT2D eigenvalue weighted by Gasteiger charge is -2.12. The SMILES string of the molecule is COCC(NC(=O)c1cc(Cl)sc1Cl)C(=O)O. The maximum atomic E-state index is 11.7. The number of hydrogen-bond donors (Lipinski definition) is 2. The first-order chi connectivity index (χ1) is 7.95. The first kappa shape index (κ1) is 14.2. The quantitative estimate of drug-likeness (QED) is 0.870. The third-order valence-electron chi connectivity index (χ3n) is 1.84. The molecule has 0 spiro atoms. The second-order valence-electron chi connectivity index (χ2n) is 3.06. The van der Waals surface area contributed by atoms with Crippen LogP contribution in [0.25, 0.3) is 0 Å². The molecule has 0 aliphatic heterocycles. The van der Waals surface area contributed by atoms with Gasteiger partial charge in [-0.05, 0) is 6.07 Å². The van der Waals surface area contributed by atoms with Gasteiger partial charge < -0.3 is 15.2 Å². The highest BCUT2D eigenvalue weighted by Crippen LogP contribution is 2.30. The number of halogens is 2. The van der Waals surface area contributed by atoms with E-state index in [1.165, 1.54) is 13.2 Å². The van der Waals surface area contributed by atoms with Crippen LogP contribution in [0.2, 0.25) is 8.67 Å². The summed E-state index contributed by atoms with van der Waals surface area (Å²) in [5, 5.41) is 11.1. The molecule has 1 rings (SSSR count). The van der Waals surface area contributed by atoms with E-state index >= 15 is 0 Å². The molecule has 94 valence electrons. The van der Waals surface area contributed by atoms with Gasteiger partial charge in [0.15, 0.2) is 6.04 Å². The predicted octanol–water partition coefficient (Wildman–Crippen LogP) is 1.88. The molecule has 1 amide bonds. The van der Waals surface area contributed by atoms with E-state index < -0.39 is 17.9 Å². The fraction of sp³-hybridized carbons (Fsp3) is 0.333. The second kappa shape index (κ2) is 6.20. The molecule has 8 heteroatoms. The van der Waals surface area contributed by atoms with E-state index in [0.717, 1.165) is 11.3 Å². The van der Waals surface area contributed by atoms with Gasteiger partial charge in [0.2, 0.25) is 0 Å². The summed E-state index contributed by atoms with van der Waals surface area (Å²) in [7, 11) is 1.34. The summed E-state index contributed by atoms with van der Waals surface area (Å²) in [5.74, 6) is -1.78. The number of hydrogen-bond acceptors (Lipinski definition) is 4. The summed E-state index contributed by atoms with van der Waals surface area (Å²) in [6.07, 6.45) is 0. The average Bonchev–Trinajstić information content (AvgIpc) is 2.57. The van der Waals surface area contributed by atoms with Gasteiger partial charge >= 0.3 is 5.97 Å². The number of nitrogens with one attached hydrogen (secondary N) is 1. The van der Waals surface area contributed by atoms with Crippen LogP contribution < -0.4 is 5.32 Å². The Labute approximate surface area is 111 Å². The first-order valence-corrected chi connectivity index (χ1v) is 6.00. The van der Waals surface area contributed by atoms with E-state index in [1.54, 1.807) is 0 Å². The summed E-state index contributed by atoms with van der Waals surface area (Å²) in [6.45, 7) is -0.128. The summed E-state index contributed by atoms with van der Waals surface area (Å²) < 4.78 is 5.26. The third kappa shape index (κ3) is 3.85. The Morgan fingerprint density at radius 2 is 2.24 bits per heavy atom. The fourth-order valence-corrected chi connectivity index (χ4v) is 2.53. The van der Waals surface area contributed by atoms with Crippen molar-refractivity contribution in [2.75, 3.05) is 13.7 Å². The molecule has 2 N–H and O–H groups in total. The van der Waals surface area contributed by atoms with Crippen molar-refractivity contribution in [1.82, 2.24) is 5.32 Å². The summed E-state index contributed by atoms with van der Waals surface area (Å²) in [6, 6.07) is 0.262. The van der Waals surface area contributed by atoms with Crippen molar-refractivity contribution in [2.45, 2.75) is 6.04 Å². The van der Waals surface area contributed by atoms with Crippen molar-refractivity contribution in [2.24, 2.45) is 0 Å². The van der Waals surface area contributed by atoms with Crippen LogP contribution in [-0.4, -0.2) is 36.7 Å². The van der Waals surface area contributed by atoms with Gasteiger partial charge in [-0.25, -0.2) is 4.79 Å². The maximum absolute atomic E-state index is 11.7. The van der Waals surface area contributed by atoms with Crippen molar-refractivity contribution < 1.29 is 19.4 Å². The molecule has 0 aromatic carbocycles. The van der Waals surface area contributed by atoms with Crippen LogP contribution in [0.15, 0.2) is 6.07 Å². The molecule has 1 unspecified atom stereocenters. The van der Waals surface area contributed by atoms with Crippen molar-refractivity contribution in [3.8, 4) is 0 Å². The summed E-state index contributed by atoms with van der Waals surface area (Å²) >= 11 is 12.5. The van der Waals surface area contributed by atoms with Crippen LogP contribution >= 0.6 is 34.5 Å². The molecule has 0 radical (unpaired) electrons. The van der Waals surface area contributed by atoms with E-state index in [-0.39, 0.29) is 16.5 Å². The van der Waals surface area contributed by atoms with Crippen molar-refractivity contribution in [1.29, 1.82) is 0 Å². The molecule has 1 atom stereocenters. The third-order valence-corrected chi connectivity index (χ3v) is 3.33. The van der Waals surface area contributed by atoms with Crippen molar-refractivity contribution in [3.63, 3.8) is 0 Å². The van der Waals surface area contributed by atoms with E-state index in [1.807, 2.05) is 0 Å². The zero-order valence-electron chi connectivity index (χ0n) is 8.70. The van der Waals surface area contributed by atoms with Crippen LogP contribution in [0.1, 0.15) is 10.4 Å². The molecular weight excluding hydrogens is 289 g/mol. The molecule has 17 heavy (non-hydrogen) atoms. The van der Waals surface area contributed by atoms with Crippen molar-refractivity contribution in [3.05, 3.63) is 20.3 Å². The number of thiophene rings is 1. The number of carboxylic acids is 1. The van der Waals surface area contributed by atoms with Crippen LogP contribution in [-0.2, 0) is 9.53 Å². The lowest BCUT2D eigenvalue weighted by atomic mass is 10.2. The fourth-order valence-electron chi connectivity index (χ4n) is 1.07. The highest BCUT2D eigenvalue weighted by Gasteiger charge is 2.22. The van der Waals surface area contributed by atoms with Crippen LogP contribution in [0.5, 0.6) is 0 Å². The van der Waals surface area contributed by atoms with E-state index in [4.69, 9.17) is 28.3 Å².